The molecule has 0 aliphatic heterocycles. The molecule has 7 heteroatoms. The Hall–Kier alpha value is -2.28. The Bertz CT molecular complexity index is 666. The second kappa shape index (κ2) is 5.79. The lowest BCUT2D eigenvalue weighted by Gasteiger charge is -2.10. The molecule has 0 aliphatic rings. The molecule has 0 unspecified atom stereocenters. The van der Waals surface area contributed by atoms with Gasteiger partial charge in [-0.25, -0.2) is 8.78 Å². The SMILES string of the molecule is CCNCc1nn(-c2c(F)cccc2F)c(=O)cc1O. The summed E-state index contributed by atoms with van der Waals surface area (Å²) in [7, 11) is 0. The van der Waals surface area contributed by atoms with Gasteiger partial charge in [0.05, 0.1) is 0 Å². The maximum atomic E-state index is 13.7. The zero-order chi connectivity index (χ0) is 14.7. The Balaban J connectivity index is 2.59. The molecule has 106 valence electrons. The summed E-state index contributed by atoms with van der Waals surface area (Å²) in [5, 5.41) is 16.3. The van der Waals surface area contributed by atoms with E-state index in [9.17, 15) is 18.7 Å². The molecule has 1 aromatic carbocycles. The topological polar surface area (TPSA) is 67.2 Å². The third-order valence-corrected chi connectivity index (χ3v) is 2.68. The van der Waals surface area contributed by atoms with Crippen LogP contribution in [0.4, 0.5) is 8.78 Å². The van der Waals surface area contributed by atoms with E-state index in [0.717, 1.165) is 18.2 Å². The molecule has 1 heterocycles. The van der Waals surface area contributed by atoms with Crippen molar-refractivity contribution in [3.8, 4) is 11.4 Å². The molecular weight excluding hydrogens is 268 g/mol. The van der Waals surface area contributed by atoms with Crippen LogP contribution in [0.3, 0.4) is 0 Å². The first-order valence-corrected chi connectivity index (χ1v) is 6.02. The average molecular weight is 281 g/mol. The van der Waals surface area contributed by atoms with Crippen LogP contribution >= 0.6 is 0 Å². The largest absolute Gasteiger partial charge is 0.506 e. The molecule has 2 rings (SSSR count). The predicted octanol–water partition coefficient (Wildman–Crippen LogP) is 1.33. The highest BCUT2D eigenvalue weighted by molar-refractivity contribution is 5.35. The van der Waals surface area contributed by atoms with Gasteiger partial charge in [-0.2, -0.15) is 9.78 Å². The maximum absolute atomic E-state index is 13.7. The molecule has 0 spiro atoms. The van der Waals surface area contributed by atoms with Crippen molar-refractivity contribution < 1.29 is 13.9 Å². The van der Waals surface area contributed by atoms with Crippen LogP contribution in [0.2, 0.25) is 0 Å². The van der Waals surface area contributed by atoms with Gasteiger partial charge in [0.2, 0.25) is 0 Å². The zero-order valence-electron chi connectivity index (χ0n) is 10.7. The number of hydrogen-bond donors (Lipinski definition) is 2. The van der Waals surface area contributed by atoms with E-state index in [1.165, 1.54) is 6.07 Å². The van der Waals surface area contributed by atoms with E-state index in [4.69, 9.17) is 0 Å². The minimum atomic E-state index is -0.903. The van der Waals surface area contributed by atoms with Gasteiger partial charge in [0.25, 0.3) is 5.56 Å². The van der Waals surface area contributed by atoms with E-state index in [1.54, 1.807) is 0 Å². The van der Waals surface area contributed by atoms with Gasteiger partial charge in [-0.3, -0.25) is 4.79 Å². The molecule has 0 atom stereocenters. The fourth-order valence-electron chi connectivity index (χ4n) is 1.70. The zero-order valence-corrected chi connectivity index (χ0v) is 10.7. The smallest absolute Gasteiger partial charge is 0.275 e. The van der Waals surface area contributed by atoms with Gasteiger partial charge in [0.15, 0.2) is 11.6 Å². The van der Waals surface area contributed by atoms with Gasteiger partial charge in [0, 0.05) is 12.6 Å². The molecule has 0 aliphatic carbocycles. The Labute approximate surface area is 113 Å². The van der Waals surface area contributed by atoms with E-state index < -0.39 is 22.9 Å². The van der Waals surface area contributed by atoms with Crippen LogP contribution < -0.4 is 10.9 Å². The quantitative estimate of drug-likeness (QED) is 0.887. The highest BCUT2D eigenvalue weighted by Crippen LogP contribution is 2.17. The molecule has 20 heavy (non-hydrogen) atoms. The first-order chi connectivity index (χ1) is 9.54. The molecule has 0 bridgehead atoms. The average Bonchev–Trinajstić information content (AvgIpc) is 2.39. The highest BCUT2D eigenvalue weighted by atomic mass is 19.1. The summed E-state index contributed by atoms with van der Waals surface area (Å²) in [5.41, 5.74) is -1.24. The maximum Gasteiger partial charge on any atom is 0.275 e. The molecular formula is C13H13F2N3O2. The Morgan fingerprint density at radius 2 is 2.00 bits per heavy atom. The van der Waals surface area contributed by atoms with Crippen LogP contribution in [-0.4, -0.2) is 21.4 Å². The molecule has 0 saturated heterocycles. The monoisotopic (exact) mass is 281 g/mol. The number of aromatic hydroxyl groups is 1. The molecule has 5 nitrogen and oxygen atoms in total. The highest BCUT2D eigenvalue weighted by Gasteiger charge is 2.16. The molecule has 0 fully saturated rings. The van der Waals surface area contributed by atoms with Gasteiger partial charge in [0.1, 0.15) is 17.1 Å². The van der Waals surface area contributed by atoms with Crippen molar-refractivity contribution in [2.75, 3.05) is 6.54 Å². The third kappa shape index (κ3) is 2.67. The number of aromatic nitrogens is 2. The normalized spacial score (nSPS) is 10.8. The van der Waals surface area contributed by atoms with Crippen LogP contribution in [0, 0.1) is 11.6 Å². The third-order valence-electron chi connectivity index (χ3n) is 2.68. The Morgan fingerprint density at radius 3 is 2.60 bits per heavy atom. The van der Waals surface area contributed by atoms with Gasteiger partial charge < -0.3 is 10.4 Å². The summed E-state index contributed by atoms with van der Waals surface area (Å²) in [6.07, 6.45) is 0. The van der Waals surface area contributed by atoms with Crippen molar-refractivity contribution in [1.29, 1.82) is 0 Å². The van der Waals surface area contributed by atoms with E-state index in [-0.39, 0.29) is 18.0 Å². The van der Waals surface area contributed by atoms with Crippen molar-refractivity contribution in [3.63, 3.8) is 0 Å². The fourth-order valence-corrected chi connectivity index (χ4v) is 1.70. The molecule has 0 amide bonds. The predicted molar refractivity (Wildman–Crippen MR) is 68.8 cm³/mol. The second-order valence-corrected chi connectivity index (χ2v) is 4.08. The number of rotatable bonds is 4. The Kier molecular flexibility index (Phi) is 4.09. The number of benzene rings is 1. The lowest BCUT2D eigenvalue weighted by molar-refractivity contribution is 0.449. The first-order valence-electron chi connectivity index (χ1n) is 6.02. The number of para-hydroxylation sites is 1. The lowest BCUT2D eigenvalue weighted by Crippen LogP contribution is -2.25. The summed E-state index contributed by atoms with van der Waals surface area (Å²) in [4.78, 5) is 11.8. The van der Waals surface area contributed by atoms with Gasteiger partial charge in [-0.05, 0) is 18.7 Å². The Morgan fingerprint density at radius 1 is 1.35 bits per heavy atom. The number of halogens is 2. The minimum absolute atomic E-state index is 0.133. The minimum Gasteiger partial charge on any atom is -0.506 e. The van der Waals surface area contributed by atoms with Crippen molar-refractivity contribution in [3.05, 3.63) is 51.9 Å². The number of hydrogen-bond acceptors (Lipinski definition) is 4. The van der Waals surface area contributed by atoms with Crippen LogP contribution in [0.1, 0.15) is 12.6 Å². The standard InChI is InChI=1S/C13H13F2N3O2/c1-2-16-7-10-11(19)6-12(20)18(17-10)13-8(14)4-3-5-9(13)15/h3-6,16,19H,2,7H2,1H3. The van der Waals surface area contributed by atoms with Crippen molar-refractivity contribution in [2.24, 2.45) is 0 Å². The van der Waals surface area contributed by atoms with Crippen molar-refractivity contribution in [2.45, 2.75) is 13.5 Å². The fraction of sp³-hybridized carbons (Fsp3) is 0.231. The summed E-state index contributed by atoms with van der Waals surface area (Å²) in [6.45, 7) is 2.65. The van der Waals surface area contributed by atoms with Gasteiger partial charge in [-0.1, -0.05) is 13.0 Å². The van der Waals surface area contributed by atoms with E-state index in [2.05, 4.69) is 10.4 Å². The van der Waals surface area contributed by atoms with Crippen LogP contribution in [0.15, 0.2) is 29.1 Å². The van der Waals surface area contributed by atoms with Gasteiger partial charge >= 0.3 is 0 Å². The number of nitrogens with one attached hydrogen (secondary N) is 1. The summed E-state index contributed by atoms with van der Waals surface area (Å²) in [6, 6.07) is 4.14. The van der Waals surface area contributed by atoms with E-state index in [1.807, 2.05) is 6.92 Å². The lowest BCUT2D eigenvalue weighted by atomic mass is 10.3. The molecule has 0 radical (unpaired) electrons. The summed E-state index contributed by atoms with van der Waals surface area (Å²) in [5.74, 6) is -2.12. The molecule has 2 N–H and O–H groups in total. The summed E-state index contributed by atoms with van der Waals surface area (Å²) < 4.78 is 28.0. The van der Waals surface area contributed by atoms with Crippen molar-refractivity contribution in [1.82, 2.24) is 15.1 Å². The van der Waals surface area contributed by atoms with Gasteiger partial charge in [-0.15, -0.1) is 0 Å². The first kappa shape index (κ1) is 14.1. The molecule has 1 aromatic heterocycles. The van der Waals surface area contributed by atoms with Crippen LogP contribution in [-0.2, 0) is 6.54 Å². The molecule has 0 saturated carbocycles. The van der Waals surface area contributed by atoms with E-state index >= 15 is 0 Å². The summed E-state index contributed by atoms with van der Waals surface area (Å²) >= 11 is 0. The second-order valence-electron chi connectivity index (χ2n) is 4.08. The van der Waals surface area contributed by atoms with Crippen LogP contribution in [0.25, 0.3) is 5.69 Å². The molecule has 2 aromatic rings. The van der Waals surface area contributed by atoms with Crippen molar-refractivity contribution >= 4 is 0 Å². The van der Waals surface area contributed by atoms with Crippen LogP contribution in [0.5, 0.6) is 5.75 Å². The van der Waals surface area contributed by atoms with E-state index in [0.29, 0.717) is 11.2 Å². The number of nitrogens with zero attached hydrogens (tertiary/aromatic N) is 2.